The number of aromatic nitrogens is 1. The average Bonchev–Trinajstić information content (AvgIpc) is 2.96. The smallest absolute Gasteiger partial charge is 0.119 e. The molecule has 0 bridgehead atoms. The molecule has 0 aliphatic carbocycles. The van der Waals surface area contributed by atoms with E-state index in [9.17, 15) is 5.11 Å². The number of rotatable bonds is 11. The highest BCUT2D eigenvalue weighted by molar-refractivity contribution is 5.82. The molecule has 192 valence electrons. The Hall–Kier alpha value is -3.29. The van der Waals surface area contributed by atoms with Crippen LogP contribution in [0.25, 0.3) is 10.8 Å². The molecular weight excluding hydrogens is 464 g/mol. The zero-order valence-electron chi connectivity index (χ0n) is 21.0. The number of nitrogens with one attached hydrogen (secondary N) is 1. The van der Waals surface area contributed by atoms with Gasteiger partial charge in [0.15, 0.2) is 0 Å². The highest BCUT2D eigenvalue weighted by Crippen LogP contribution is 2.30. The fraction of sp³-hybridized carbons (Fsp3) is 0.323. The molecule has 1 fully saturated rings. The number of pyridine rings is 1. The largest absolute Gasteiger partial charge is 0.491 e. The fourth-order valence-electron chi connectivity index (χ4n) is 4.84. The van der Waals surface area contributed by atoms with E-state index in [4.69, 9.17) is 14.2 Å². The lowest BCUT2D eigenvalue weighted by Crippen LogP contribution is -2.40. The van der Waals surface area contributed by atoms with Crippen LogP contribution in [0.2, 0.25) is 0 Å². The Morgan fingerprint density at radius 1 is 0.865 bits per heavy atom. The first kappa shape index (κ1) is 25.4. The van der Waals surface area contributed by atoms with Crippen molar-refractivity contribution >= 4 is 10.8 Å². The van der Waals surface area contributed by atoms with Gasteiger partial charge in [-0.05, 0) is 70.8 Å². The molecule has 37 heavy (non-hydrogen) atoms. The SMILES string of the molecule is OCc1cc(COCCOc2ccc(C3CCNCC3OCc3ccc4ccccc4c3)cc2)ccn1. The van der Waals surface area contributed by atoms with Crippen molar-refractivity contribution < 1.29 is 19.3 Å². The third-order valence-electron chi connectivity index (χ3n) is 6.82. The van der Waals surface area contributed by atoms with Gasteiger partial charge in [-0.25, -0.2) is 0 Å². The molecule has 6 heteroatoms. The summed E-state index contributed by atoms with van der Waals surface area (Å²) in [5.41, 5.74) is 4.12. The Kier molecular flexibility index (Phi) is 8.77. The molecule has 2 atom stereocenters. The van der Waals surface area contributed by atoms with E-state index < -0.39 is 0 Å². The zero-order chi connectivity index (χ0) is 25.3. The summed E-state index contributed by atoms with van der Waals surface area (Å²) in [6.07, 6.45) is 2.85. The van der Waals surface area contributed by atoms with Gasteiger partial charge >= 0.3 is 0 Å². The maximum absolute atomic E-state index is 9.19. The molecular formula is C31H34N2O4. The second-order valence-corrected chi connectivity index (χ2v) is 9.41. The molecule has 2 unspecified atom stereocenters. The molecule has 4 aromatic rings. The Balaban J connectivity index is 1.10. The van der Waals surface area contributed by atoms with E-state index >= 15 is 0 Å². The lowest BCUT2D eigenvalue weighted by molar-refractivity contribution is 0.0106. The lowest BCUT2D eigenvalue weighted by atomic mass is 9.87. The molecule has 0 radical (unpaired) electrons. The van der Waals surface area contributed by atoms with Crippen molar-refractivity contribution in [2.75, 3.05) is 26.3 Å². The van der Waals surface area contributed by atoms with Crippen molar-refractivity contribution in [2.45, 2.75) is 38.3 Å². The number of ether oxygens (including phenoxy) is 3. The van der Waals surface area contributed by atoms with Gasteiger partial charge in [0, 0.05) is 18.7 Å². The van der Waals surface area contributed by atoms with Gasteiger partial charge in [0.1, 0.15) is 12.4 Å². The number of hydrogen-bond donors (Lipinski definition) is 2. The second kappa shape index (κ2) is 12.8. The van der Waals surface area contributed by atoms with Gasteiger partial charge in [-0.1, -0.05) is 48.5 Å². The number of hydrogen-bond acceptors (Lipinski definition) is 6. The number of benzene rings is 3. The van der Waals surface area contributed by atoms with Gasteiger partial charge in [-0.2, -0.15) is 0 Å². The minimum Gasteiger partial charge on any atom is -0.491 e. The van der Waals surface area contributed by atoms with Crippen molar-refractivity contribution in [3.63, 3.8) is 0 Å². The van der Waals surface area contributed by atoms with Crippen LogP contribution in [-0.4, -0.2) is 42.5 Å². The summed E-state index contributed by atoms with van der Waals surface area (Å²) in [6, 6.07) is 27.1. The van der Waals surface area contributed by atoms with Gasteiger partial charge in [0.25, 0.3) is 0 Å². The number of nitrogens with zero attached hydrogens (tertiary/aromatic N) is 1. The first-order chi connectivity index (χ1) is 18.3. The number of fused-ring (bicyclic) bond motifs is 1. The Labute approximate surface area is 218 Å². The number of aliphatic hydroxyl groups excluding tert-OH is 1. The first-order valence-corrected chi connectivity index (χ1v) is 12.9. The van der Waals surface area contributed by atoms with Gasteiger partial charge in [0.05, 0.1) is 38.2 Å². The van der Waals surface area contributed by atoms with E-state index in [0.717, 1.165) is 30.8 Å². The van der Waals surface area contributed by atoms with Crippen LogP contribution in [0.5, 0.6) is 5.75 Å². The van der Waals surface area contributed by atoms with Crippen LogP contribution in [0.3, 0.4) is 0 Å². The van der Waals surface area contributed by atoms with E-state index in [0.29, 0.717) is 38.0 Å². The molecule has 2 N–H and O–H groups in total. The zero-order valence-corrected chi connectivity index (χ0v) is 21.0. The monoisotopic (exact) mass is 498 g/mol. The van der Waals surface area contributed by atoms with Crippen LogP contribution >= 0.6 is 0 Å². The van der Waals surface area contributed by atoms with Crippen molar-refractivity contribution in [1.29, 1.82) is 0 Å². The standard InChI is InChI=1S/C31H34N2O4/c34-20-28-18-24(11-14-33-28)21-35-15-16-36-29-9-7-26(8-10-29)30-12-13-32-19-31(30)37-22-23-5-6-25-3-1-2-4-27(25)17-23/h1-11,14,17-18,30-32,34H,12-13,15-16,19-22H2. The minimum atomic E-state index is -0.0678. The van der Waals surface area contributed by atoms with E-state index in [1.807, 2.05) is 24.3 Å². The molecule has 1 saturated heterocycles. The summed E-state index contributed by atoms with van der Waals surface area (Å²) < 4.78 is 18.0. The molecule has 1 aliphatic heterocycles. The van der Waals surface area contributed by atoms with Crippen LogP contribution in [0.4, 0.5) is 0 Å². The lowest BCUT2D eigenvalue weighted by Gasteiger charge is -2.32. The average molecular weight is 499 g/mol. The van der Waals surface area contributed by atoms with Gasteiger partial charge < -0.3 is 24.6 Å². The molecule has 6 nitrogen and oxygen atoms in total. The molecule has 1 aromatic heterocycles. The minimum absolute atomic E-state index is 0.0678. The van der Waals surface area contributed by atoms with Crippen LogP contribution in [-0.2, 0) is 29.3 Å². The molecule has 2 heterocycles. The maximum Gasteiger partial charge on any atom is 0.119 e. The predicted molar refractivity (Wildman–Crippen MR) is 145 cm³/mol. The fourth-order valence-corrected chi connectivity index (χ4v) is 4.84. The van der Waals surface area contributed by atoms with Gasteiger partial charge in [-0.15, -0.1) is 0 Å². The van der Waals surface area contributed by atoms with E-state index in [-0.39, 0.29) is 12.7 Å². The molecule has 0 amide bonds. The Morgan fingerprint density at radius 3 is 2.57 bits per heavy atom. The van der Waals surface area contributed by atoms with Crippen molar-refractivity contribution in [3.05, 3.63) is 107 Å². The predicted octanol–water partition coefficient (Wildman–Crippen LogP) is 4.99. The maximum atomic E-state index is 9.19. The van der Waals surface area contributed by atoms with Crippen molar-refractivity contribution in [3.8, 4) is 5.75 Å². The van der Waals surface area contributed by atoms with Crippen LogP contribution in [0, 0.1) is 0 Å². The summed E-state index contributed by atoms with van der Waals surface area (Å²) in [6.45, 7) is 3.81. The topological polar surface area (TPSA) is 72.8 Å². The number of piperidine rings is 1. The Morgan fingerprint density at radius 2 is 1.70 bits per heavy atom. The third kappa shape index (κ3) is 6.93. The molecule has 3 aromatic carbocycles. The summed E-state index contributed by atoms with van der Waals surface area (Å²) in [5, 5.41) is 15.2. The van der Waals surface area contributed by atoms with Crippen molar-refractivity contribution in [1.82, 2.24) is 10.3 Å². The first-order valence-electron chi connectivity index (χ1n) is 12.9. The quantitative estimate of drug-likeness (QED) is 0.284. The summed E-state index contributed by atoms with van der Waals surface area (Å²) >= 11 is 0. The highest BCUT2D eigenvalue weighted by atomic mass is 16.5. The Bertz CT molecular complexity index is 1280. The normalized spacial score (nSPS) is 17.6. The number of aliphatic hydroxyl groups is 1. The van der Waals surface area contributed by atoms with E-state index in [1.165, 1.54) is 21.9 Å². The van der Waals surface area contributed by atoms with Gasteiger partial charge in [-0.3, -0.25) is 4.98 Å². The van der Waals surface area contributed by atoms with Crippen LogP contribution in [0.1, 0.15) is 34.7 Å². The molecule has 0 saturated carbocycles. The van der Waals surface area contributed by atoms with Gasteiger partial charge in [0.2, 0.25) is 0 Å². The van der Waals surface area contributed by atoms with E-state index in [2.05, 4.69) is 64.9 Å². The van der Waals surface area contributed by atoms with Crippen LogP contribution < -0.4 is 10.1 Å². The highest BCUT2D eigenvalue weighted by Gasteiger charge is 2.27. The van der Waals surface area contributed by atoms with E-state index in [1.54, 1.807) is 6.20 Å². The third-order valence-corrected chi connectivity index (χ3v) is 6.82. The molecule has 5 rings (SSSR count). The summed E-state index contributed by atoms with van der Waals surface area (Å²) in [7, 11) is 0. The molecule has 0 spiro atoms. The molecule has 1 aliphatic rings. The van der Waals surface area contributed by atoms with Crippen molar-refractivity contribution in [2.24, 2.45) is 0 Å². The second-order valence-electron chi connectivity index (χ2n) is 9.41. The summed E-state index contributed by atoms with van der Waals surface area (Å²) in [4.78, 5) is 4.08. The van der Waals surface area contributed by atoms with Crippen LogP contribution in [0.15, 0.2) is 85.1 Å². The summed E-state index contributed by atoms with van der Waals surface area (Å²) in [5.74, 6) is 1.18.